The van der Waals surface area contributed by atoms with Crippen LogP contribution in [0.25, 0.3) is 0 Å². The molecule has 4 aromatic rings. The zero-order chi connectivity index (χ0) is 27.6. The van der Waals surface area contributed by atoms with E-state index < -0.39 is 33.6 Å². The first kappa shape index (κ1) is 28.1. The van der Waals surface area contributed by atoms with Crippen LogP contribution < -0.4 is 0 Å². The standard InChI is InChI=1S/C32H33NO6S/c34-40(35,30-18-10-11-19-33-30)31-20-28(37-22-26-14-6-2-7-15-26)32(38-23-27-16-8-3-9-17-27)29(39-31)24-36-21-25-12-4-1-5-13-25/h1-19,28-29,31-32H,20-24H2/t28-,29-,31?,32-/m1/s1. The molecular weight excluding hydrogens is 526 g/mol. The Morgan fingerprint density at radius 2 is 1.25 bits per heavy atom. The minimum atomic E-state index is -3.90. The SMILES string of the molecule is O=S(=O)(c1ccccn1)C1C[C@@H](OCc2ccccc2)[C@@H](OCc2ccccc2)[C@@H](COCc2ccccc2)O1. The van der Waals surface area contributed by atoms with Crippen LogP contribution in [0.15, 0.2) is 120 Å². The normalized spacial score (nSPS) is 21.2. The van der Waals surface area contributed by atoms with Crippen LogP contribution in [0.1, 0.15) is 23.1 Å². The third kappa shape index (κ3) is 7.41. The number of hydrogen-bond acceptors (Lipinski definition) is 7. The van der Waals surface area contributed by atoms with Gasteiger partial charge in [0.2, 0.25) is 9.84 Å². The Kier molecular flexibility index (Phi) is 9.70. The highest BCUT2D eigenvalue weighted by Crippen LogP contribution is 2.32. The van der Waals surface area contributed by atoms with Crippen molar-refractivity contribution in [3.05, 3.63) is 132 Å². The van der Waals surface area contributed by atoms with Gasteiger partial charge in [0.05, 0.1) is 32.5 Å². The Morgan fingerprint density at radius 1 is 0.700 bits per heavy atom. The van der Waals surface area contributed by atoms with Gasteiger partial charge in [-0.05, 0) is 28.8 Å². The molecule has 0 saturated carbocycles. The Bertz CT molecular complexity index is 1410. The zero-order valence-electron chi connectivity index (χ0n) is 22.1. The molecule has 0 aliphatic carbocycles. The molecule has 5 rings (SSSR count). The number of sulfone groups is 1. The van der Waals surface area contributed by atoms with Crippen molar-refractivity contribution >= 4 is 9.84 Å². The maximum atomic E-state index is 13.6. The van der Waals surface area contributed by atoms with E-state index in [1.165, 1.54) is 12.3 Å². The van der Waals surface area contributed by atoms with Gasteiger partial charge in [0.15, 0.2) is 10.5 Å². The number of aromatic nitrogens is 1. The molecule has 1 aliphatic heterocycles. The van der Waals surface area contributed by atoms with Gasteiger partial charge in [-0.15, -0.1) is 0 Å². The van der Waals surface area contributed by atoms with Crippen molar-refractivity contribution in [2.24, 2.45) is 0 Å². The van der Waals surface area contributed by atoms with Crippen LogP contribution in [0.3, 0.4) is 0 Å². The highest BCUT2D eigenvalue weighted by Gasteiger charge is 2.46. The zero-order valence-corrected chi connectivity index (χ0v) is 22.9. The van der Waals surface area contributed by atoms with Crippen molar-refractivity contribution in [3.63, 3.8) is 0 Å². The first-order chi connectivity index (χ1) is 19.6. The second kappa shape index (κ2) is 13.8. The molecule has 0 bridgehead atoms. The molecule has 1 fully saturated rings. The molecule has 0 N–H and O–H groups in total. The van der Waals surface area contributed by atoms with E-state index in [1.807, 2.05) is 91.0 Å². The second-order valence-corrected chi connectivity index (χ2v) is 11.7. The highest BCUT2D eigenvalue weighted by atomic mass is 32.2. The Hall–Kier alpha value is -3.40. The van der Waals surface area contributed by atoms with E-state index in [9.17, 15) is 8.42 Å². The molecule has 1 aliphatic rings. The van der Waals surface area contributed by atoms with Crippen molar-refractivity contribution in [3.8, 4) is 0 Å². The third-order valence-electron chi connectivity index (χ3n) is 6.75. The first-order valence-corrected chi connectivity index (χ1v) is 14.9. The van der Waals surface area contributed by atoms with Crippen molar-refractivity contribution < 1.29 is 27.4 Å². The summed E-state index contributed by atoms with van der Waals surface area (Å²) in [5.74, 6) is 0. The van der Waals surface area contributed by atoms with Crippen molar-refractivity contribution in [1.29, 1.82) is 0 Å². The summed E-state index contributed by atoms with van der Waals surface area (Å²) in [5, 5.41) is -0.0329. The predicted molar refractivity (Wildman–Crippen MR) is 151 cm³/mol. The van der Waals surface area contributed by atoms with Gasteiger partial charge >= 0.3 is 0 Å². The summed E-state index contributed by atoms with van der Waals surface area (Å²) in [5.41, 5.74) is 1.83. The molecule has 0 radical (unpaired) electrons. The molecule has 7 nitrogen and oxygen atoms in total. The number of pyridine rings is 1. The van der Waals surface area contributed by atoms with E-state index in [0.717, 1.165) is 16.7 Å². The van der Waals surface area contributed by atoms with E-state index in [4.69, 9.17) is 18.9 Å². The predicted octanol–water partition coefficient (Wildman–Crippen LogP) is 5.36. The minimum Gasteiger partial charge on any atom is -0.374 e. The van der Waals surface area contributed by atoms with Crippen LogP contribution in [0.4, 0.5) is 0 Å². The number of nitrogens with zero attached hydrogens (tertiary/aromatic N) is 1. The molecule has 8 heteroatoms. The maximum absolute atomic E-state index is 13.6. The number of ether oxygens (including phenoxy) is 4. The molecule has 4 atom stereocenters. The molecule has 208 valence electrons. The molecule has 1 aromatic heterocycles. The van der Waals surface area contributed by atoms with Crippen LogP contribution in [-0.2, 0) is 48.6 Å². The van der Waals surface area contributed by atoms with Gasteiger partial charge in [-0.3, -0.25) is 0 Å². The average molecular weight is 560 g/mol. The maximum Gasteiger partial charge on any atom is 0.222 e. The van der Waals surface area contributed by atoms with E-state index >= 15 is 0 Å². The molecule has 0 amide bonds. The van der Waals surface area contributed by atoms with Crippen molar-refractivity contribution in [1.82, 2.24) is 4.98 Å². The van der Waals surface area contributed by atoms with E-state index in [-0.39, 0.29) is 18.1 Å². The third-order valence-corrected chi connectivity index (χ3v) is 8.57. The molecule has 2 heterocycles. The van der Waals surface area contributed by atoms with Gasteiger partial charge in [-0.1, -0.05) is 97.1 Å². The van der Waals surface area contributed by atoms with Gasteiger partial charge in [0.1, 0.15) is 12.2 Å². The molecule has 3 aromatic carbocycles. The van der Waals surface area contributed by atoms with Crippen LogP contribution in [0.2, 0.25) is 0 Å². The van der Waals surface area contributed by atoms with E-state index in [2.05, 4.69) is 4.98 Å². The largest absolute Gasteiger partial charge is 0.374 e. The number of hydrogen-bond donors (Lipinski definition) is 0. The summed E-state index contributed by atoms with van der Waals surface area (Å²) in [6.45, 7) is 1.13. The monoisotopic (exact) mass is 559 g/mol. The lowest BCUT2D eigenvalue weighted by Crippen LogP contribution is -2.54. The summed E-state index contributed by atoms with van der Waals surface area (Å²) in [6.07, 6.45) is -0.252. The fraction of sp³-hybridized carbons (Fsp3) is 0.281. The van der Waals surface area contributed by atoms with Crippen LogP contribution in [0.5, 0.6) is 0 Å². The van der Waals surface area contributed by atoms with Crippen LogP contribution in [0, 0.1) is 0 Å². The smallest absolute Gasteiger partial charge is 0.222 e. The van der Waals surface area contributed by atoms with Crippen LogP contribution in [-0.4, -0.2) is 43.8 Å². The quantitative estimate of drug-likeness (QED) is 0.231. The fourth-order valence-corrected chi connectivity index (χ4v) is 6.14. The molecule has 1 saturated heterocycles. The lowest BCUT2D eigenvalue weighted by atomic mass is 10.0. The molecule has 1 unspecified atom stereocenters. The summed E-state index contributed by atoms with van der Waals surface area (Å²) in [4.78, 5) is 4.09. The summed E-state index contributed by atoms with van der Waals surface area (Å²) in [6, 6.07) is 34.2. The average Bonchev–Trinajstić information content (AvgIpc) is 3.01. The Labute approximate surface area is 235 Å². The summed E-state index contributed by atoms with van der Waals surface area (Å²) < 4.78 is 52.3. The summed E-state index contributed by atoms with van der Waals surface area (Å²) in [7, 11) is -3.90. The second-order valence-electron chi connectivity index (χ2n) is 9.65. The molecule has 40 heavy (non-hydrogen) atoms. The van der Waals surface area contributed by atoms with Gasteiger partial charge in [0, 0.05) is 12.6 Å². The number of benzene rings is 3. The molecule has 0 spiro atoms. The van der Waals surface area contributed by atoms with Gasteiger partial charge < -0.3 is 18.9 Å². The van der Waals surface area contributed by atoms with Crippen LogP contribution >= 0.6 is 0 Å². The first-order valence-electron chi connectivity index (χ1n) is 13.3. The molecular formula is C32H33NO6S. The van der Waals surface area contributed by atoms with E-state index in [1.54, 1.807) is 12.1 Å². The van der Waals surface area contributed by atoms with E-state index in [0.29, 0.717) is 19.8 Å². The van der Waals surface area contributed by atoms with Crippen molar-refractivity contribution in [2.75, 3.05) is 6.61 Å². The van der Waals surface area contributed by atoms with Gasteiger partial charge in [-0.25, -0.2) is 13.4 Å². The Balaban J connectivity index is 1.40. The lowest BCUT2D eigenvalue weighted by Gasteiger charge is -2.41. The topological polar surface area (TPSA) is 84.0 Å². The Morgan fingerprint density at radius 3 is 1.82 bits per heavy atom. The van der Waals surface area contributed by atoms with Crippen molar-refractivity contribution in [2.45, 2.75) is 55.0 Å². The number of rotatable bonds is 12. The fourth-order valence-electron chi connectivity index (χ4n) is 4.66. The van der Waals surface area contributed by atoms with Gasteiger partial charge in [-0.2, -0.15) is 0 Å². The lowest BCUT2D eigenvalue weighted by molar-refractivity contribution is -0.205. The minimum absolute atomic E-state index is 0.0329. The summed E-state index contributed by atoms with van der Waals surface area (Å²) >= 11 is 0. The highest BCUT2D eigenvalue weighted by molar-refractivity contribution is 7.91. The van der Waals surface area contributed by atoms with Gasteiger partial charge in [0.25, 0.3) is 0 Å².